The minimum absolute atomic E-state index is 0.0609. The van der Waals surface area contributed by atoms with E-state index in [1.165, 1.54) is 5.57 Å². The molecule has 8 heterocycles. The first-order valence-electron chi connectivity index (χ1n) is 12.6. The number of nitrogens with zero attached hydrogens (tertiary/aromatic N) is 5. The largest absolute Gasteiger partial charge is 0.472 e. The third kappa shape index (κ3) is 3.55. The number of rotatable bonds is 5. The Kier molecular flexibility index (Phi) is 4.49. The van der Waals surface area contributed by atoms with Crippen molar-refractivity contribution in [2.45, 2.75) is 18.4 Å². The molecule has 0 aliphatic carbocycles. The Morgan fingerprint density at radius 1 is 1.13 bits per heavy atom. The number of nitrogens with one attached hydrogen (secondary N) is 2. The van der Waals surface area contributed by atoms with Crippen LogP contribution in [0.25, 0.3) is 50.2 Å². The summed E-state index contributed by atoms with van der Waals surface area (Å²) in [4.78, 5) is 16.8. The van der Waals surface area contributed by atoms with Crippen molar-refractivity contribution in [1.82, 2.24) is 34.9 Å². The molecule has 5 aromatic heterocycles. The summed E-state index contributed by atoms with van der Waals surface area (Å²) in [5, 5.41) is 9.47. The van der Waals surface area contributed by atoms with Crippen molar-refractivity contribution in [2.24, 2.45) is 0 Å². The smallest absolute Gasteiger partial charge is 0.261 e. The van der Waals surface area contributed by atoms with Crippen LogP contribution in [-0.2, 0) is 0 Å². The molecular formula is C28H23F2N7O. The molecule has 3 aliphatic heterocycles. The number of allylic oxidation sites excluding steroid dienone is 2. The highest BCUT2D eigenvalue weighted by molar-refractivity contribution is 5.99. The van der Waals surface area contributed by atoms with Gasteiger partial charge in [0.1, 0.15) is 0 Å². The number of H-pyrrole nitrogens is 2. The maximum atomic E-state index is 13.7. The van der Waals surface area contributed by atoms with Crippen LogP contribution in [0.1, 0.15) is 12.0 Å². The number of aromatic amines is 2. The van der Waals surface area contributed by atoms with E-state index in [1.54, 1.807) is 18.7 Å². The zero-order valence-electron chi connectivity index (χ0n) is 20.3. The van der Waals surface area contributed by atoms with Gasteiger partial charge in [-0.2, -0.15) is 5.10 Å². The SMILES string of the molecule is FC1(F)CCN(CC2=CC(c3cnc4n[nH]c(-c5cc6c(-c7ccoc7)nccc6[nH]5)c4c3)=CN3CC23)C1. The van der Waals surface area contributed by atoms with Gasteiger partial charge in [-0.05, 0) is 35.4 Å². The summed E-state index contributed by atoms with van der Waals surface area (Å²) >= 11 is 0. The van der Waals surface area contributed by atoms with Crippen LogP contribution in [0.15, 0.2) is 71.5 Å². The normalized spacial score (nSPS) is 20.7. The fourth-order valence-corrected chi connectivity index (χ4v) is 5.73. The van der Waals surface area contributed by atoms with Gasteiger partial charge in [0, 0.05) is 72.1 Å². The molecule has 2 fully saturated rings. The van der Waals surface area contributed by atoms with Crippen LogP contribution in [0.3, 0.4) is 0 Å². The van der Waals surface area contributed by atoms with E-state index in [0.29, 0.717) is 24.8 Å². The summed E-state index contributed by atoms with van der Waals surface area (Å²) in [6.45, 7) is 1.77. The number of aromatic nitrogens is 5. The summed E-state index contributed by atoms with van der Waals surface area (Å²) in [6.07, 6.45) is 11.2. The number of halogens is 2. The van der Waals surface area contributed by atoms with E-state index in [-0.39, 0.29) is 13.0 Å². The lowest BCUT2D eigenvalue weighted by Gasteiger charge is -2.21. The molecule has 0 amide bonds. The van der Waals surface area contributed by atoms with E-state index in [4.69, 9.17) is 4.42 Å². The number of fused-ring (bicyclic) bond motifs is 3. The van der Waals surface area contributed by atoms with E-state index in [1.807, 2.05) is 23.2 Å². The number of pyridine rings is 2. The van der Waals surface area contributed by atoms with Gasteiger partial charge in [-0.3, -0.25) is 15.0 Å². The van der Waals surface area contributed by atoms with Crippen LogP contribution < -0.4 is 0 Å². The predicted octanol–water partition coefficient (Wildman–Crippen LogP) is 5.07. The Labute approximate surface area is 215 Å². The van der Waals surface area contributed by atoms with E-state index < -0.39 is 5.92 Å². The molecule has 190 valence electrons. The molecule has 8 nitrogen and oxygen atoms in total. The van der Waals surface area contributed by atoms with E-state index in [2.05, 4.69) is 54.5 Å². The van der Waals surface area contributed by atoms with Gasteiger partial charge in [-0.15, -0.1) is 0 Å². The number of furan rings is 1. The number of hydrogen-bond donors (Lipinski definition) is 2. The Bertz CT molecular complexity index is 1760. The van der Waals surface area contributed by atoms with Crippen molar-refractivity contribution in [1.29, 1.82) is 0 Å². The van der Waals surface area contributed by atoms with Crippen LogP contribution >= 0.6 is 0 Å². The van der Waals surface area contributed by atoms with Crippen LogP contribution in [0.5, 0.6) is 0 Å². The van der Waals surface area contributed by atoms with Crippen molar-refractivity contribution in [3.8, 4) is 22.6 Å². The molecule has 2 saturated heterocycles. The second-order valence-corrected chi connectivity index (χ2v) is 10.3. The molecule has 5 aromatic rings. The lowest BCUT2D eigenvalue weighted by Crippen LogP contribution is -2.29. The van der Waals surface area contributed by atoms with E-state index in [9.17, 15) is 8.78 Å². The molecule has 3 aliphatic rings. The standard InChI is InChI=1S/C28H23F2N7O/c29-28(30)3-5-36(15-28)11-19-7-18(12-37-13-24(19)37)17-8-21-26(34-35-27(21)32-10-17)23-9-20-22(33-23)1-4-31-25(20)16-2-6-38-14-16/h1-2,4,6-10,12,14,24,33H,3,5,11,13,15H2,(H,32,34,35). The minimum atomic E-state index is -2.58. The zero-order valence-corrected chi connectivity index (χ0v) is 20.3. The van der Waals surface area contributed by atoms with Gasteiger partial charge in [0.05, 0.1) is 42.2 Å². The number of alkyl halides is 2. The maximum Gasteiger partial charge on any atom is 0.261 e. The topological polar surface area (TPSA) is 89.6 Å². The Morgan fingerprint density at radius 3 is 2.92 bits per heavy atom. The predicted molar refractivity (Wildman–Crippen MR) is 139 cm³/mol. The van der Waals surface area contributed by atoms with Crippen molar-refractivity contribution in [2.75, 3.05) is 26.2 Å². The van der Waals surface area contributed by atoms with Gasteiger partial charge in [-0.25, -0.2) is 13.8 Å². The Morgan fingerprint density at radius 2 is 2.08 bits per heavy atom. The lowest BCUT2D eigenvalue weighted by molar-refractivity contribution is 0.0130. The van der Waals surface area contributed by atoms with Crippen molar-refractivity contribution in [3.63, 3.8) is 0 Å². The highest BCUT2D eigenvalue weighted by atomic mass is 19.3. The second-order valence-electron chi connectivity index (χ2n) is 10.3. The van der Waals surface area contributed by atoms with Gasteiger partial charge in [-0.1, -0.05) is 6.08 Å². The van der Waals surface area contributed by atoms with Crippen molar-refractivity contribution in [3.05, 3.63) is 72.6 Å². The first-order chi connectivity index (χ1) is 18.5. The third-order valence-corrected chi connectivity index (χ3v) is 7.73. The third-order valence-electron chi connectivity index (χ3n) is 7.73. The molecule has 8 rings (SSSR count). The quantitative estimate of drug-likeness (QED) is 0.321. The van der Waals surface area contributed by atoms with Crippen LogP contribution in [0, 0.1) is 0 Å². The van der Waals surface area contributed by atoms with Gasteiger partial charge in [0.2, 0.25) is 0 Å². The first-order valence-corrected chi connectivity index (χ1v) is 12.6. The summed E-state index contributed by atoms with van der Waals surface area (Å²) in [5.74, 6) is -2.58. The number of likely N-dealkylation sites (tertiary alicyclic amines) is 1. The fraction of sp³-hybridized carbons (Fsp3) is 0.250. The van der Waals surface area contributed by atoms with Crippen LogP contribution in [0.2, 0.25) is 0 Å². The highest BCUT2D eigenvalue weighted by Crippen LogP contribution is 2.38. The summed E-state index contributed by atoms with van der Waals surface area (Å²) in [6, 6.07) is 8.31. The molecule has 0 spiro atoms. The summed E-state index contributed by atoms with van der Waals surface area (Å²) in [5.41, 5.74) is 8.24. The first kappa shape index (κ1) is 21.7. The minimum Gasteiger partial charge on any atom is -0.472 e. The molecule has 0 aromatic carbocycles. The highest BCUT2D eigenvalue weighted by Gasteiger charge is 2.42. The Balaban J connectivity index is 1.15. The second kappa shape index (κ2) is 7.84. The zero-order chi connectivity index (χ0) is 25.4. The molecule has 0 radical (unpaired) electrons. The summed E-state index contributed by atoms with van der Waals surface area (Å²) < 4.78 is 32.8. The van der Waals surface area contributed by atoms with Crippen molar-refractivity contribution >= 4 is 27.5 Å². The molecule has 0 saturated carbocycles. The van der Waals surface area contributed by atoms with E-state index in [0.717, 1.165) is 56.6 Å². The van der Waals surface area contributed by atoms with Gasteiger partial charge in [0.15, 0.2) is 5.65 Å². The molecule has 1 unspecified atom stereocenters. The van der Waals surface area contributed by atoms with Gasteiger partial charge in [0.25, 0.3) is 5.92 Å². The molecule has 1 atom stereocenters. The van der Waals surface area contributed by atoms with E-state index >= 15 is 0 Å². The average molecular weight is 512 g/mol. The maximum absolute atomic E-state index is 13.7. The van der Waals surface area contributed by atoms with Crippen LogP contribution in [0.4, 0.5) is 8.78 Å². The average Bonchev–Trinajstić information content (AvgIpc) is 3.34. The molecule has 38 heavy (non-hydrogen) atoms. The van der Waals surface area contributed by atoms with Crippen LogP contribution in [-0.4, -0.2) is 73.1 Å². The molecular weight excluding hydrogens is 488 g/mol. The van der Waals surface area contributed by atoms with Gasteiger partial charge >= 0.3 is 0 Å². The molecule has 2 N–H and O–H groups in total. The summed E-state index contributed by atoms with van der Waals surface area (Å²) in [7, 11) is 0. The van der Waals surface area contributed by atoms with Gasteiger partial charge < -0.3 is 14.3 Å². The Hall–Kier alpha value is -4.31. The molecule has 0 bridgehead atoms. The fourth-order valence-electron chi connectivity index (χ4n) is 5.73. The van der Waals surface area contributed by atoms with Crippen molar-refractivity contribution < 1.29 is 13.2 Å². The molecule has 10 heteroatoms. The number of hydrogen-bond acceptors (Lipinski definition) is 6. The lowest BCUT2D eigenvalue weighted by atomic mass is 10.0. The monoisotopic (exact) mass is 511 g/mol.